The number of amides is 2. The fraction of sp³-hybridized carbons (Fsp3) is 0.154. The van der Waals surface area contributed by atoms with Gasteiger partial charge in [0, 0.05) is 12.7 Å². The van der Waals surface area contributed by atoms with E-state index in [1.54, 1.807) is 0 Å². The average molecular weight is 273 g/mol. The number of carbonyl (C=O) groups is 2. The number of anilines is 1. The Morgan fingerprint density at radius 3 is 2.55 bits per heavy atom. The standard InChI is InChI=1S/C13H15N5O2/c14-10-7-18(17-12(10)13(15)20)8-11(19)16-6-9-4-2-1-3-5-9/h1-5,7H,6,8,14H2,(H2,15,20)(H,16,19). The van der Waals surface area contributed by atoms with Crippen LogP contribution in [0.4, 0.5) is 5.69 Å². The number of hydrogen-bond acceptors (Lipinski definition) is 4. The lowest BCUT2D eigenvalue weighted by Gasteiger charge is -2.05. The highest BCUT2D eigenvalue weighted by atomic mass is 16.2. The van der Waals surface area contributed by atoms with Crippen LogP contribution in [0.15, 0.2) is 36.5 Å². The maximum atomic E-state index is 11.7. The van der Waals surface area contributed by atoms with E-state index >= 15 is 0 Å². The number of nitrogens with two attached hydrogens (primary N) is 2. The van der Waals surface area contributed by atoms with E-state index in [1.165, 1.54) is 10.9 Å². The molecule has 0 saturated heterocycles. The number of carbonyl (C=O) groups excluding carboxylic acids is 2. The van der Waals surface area contributed by atoms with Gasteiger partial charge >= 0.3 is 0 Å². The Morgan fingerprint density at radius 2 is 1.95 bits per heavy atom. The Kier molecular flexibility index (Phi) is 3.99. The van der Waals surface area contributed by atoms with Gasteiger partial charge < -0.3 is 16.8 Å². The van der Waals surface area contributed by atoms with Gasteiger partial charge in [0.25, 0.3) is 5.91 Å². The molecular weight excluding hydrogens is 258 g/mol. The lowest BCUT2D eigenvalue weighted by atomic mass is 10.2. The van der Waals surface area contributed by atoms with Crippen LogP contribution in [0.5, 0.6) is 0 Å². The van der Waals surface area contributed by atoms with Crippen LogP contribution in [0.25, 0.3) is 0 Å². The Morgan fingerprint density at radius 1 is 1.25 bits per heavy atom. The number of nitrogen functional groups attached to an aromatic ring is 1. The zero-order chi connectivity index (χ0) is 14.5. The molecule has 20 heavy (non-hydrogen) atoms. The maximum Gasteiger partial charge on any atom is 0.271 e. The van der Waals surface area contributed by atoms with Crippen LogP contribution in [0.2, 0.25) is 0 Å². The van der Waals surface area contributed by atoms with Gasteiger partial charge in [-0.1, -0.05) is 30.3 Å². The van der Waals surface area contributed by atoms with Crippen LogP contribution in [0.3, 0.4) is 0 Å². The Labute approximate surface area is 115 Å². The highest BCUT2D eigenvalue weighted by molar-refractivity contribution is 5.95. The van der Waals surface area contributed by atoms with Crippen LogP contribution in [0.1, 0.15) is 16.1 Å². The monoisotopic (exact) mass is 273 g/mol. The molecule has 0 bridgehead atoms. The maximum absolute atomic E-state index is 11.7. The number of rotatable bonds is 5. The molecule has 0 aliphatic rings. The fourth-order valence-electron chi connectivity index (χ4n) is 1.71. The molecule has 7 heteroatoms. The van der Waals surface area contributed by atoms with Gasteiger partial charge in [0.2, 0.25) is 5.91 Å². The van der Waals surface area contributed by atoms with E-state index in [0.717, 1.165) is 5.56 Å². The van der Waals surface area contributed by atoms with E-state index in [2.05, 4.69) is 10.4 Å². The van der Waals surface area contributed by atoms with E-state index in [0.29, 0.717) is 6.54 Å². The van der Waals surface area contributed by atoms with Crippen molar-refractivity contribution < 1.29 is 9.59 Å². The van der Waals surface area contributed by atoms with Crippen LogP contribution >= 0.6 is 0 Å². The molecule has 2 aromatic rings. The summed E-state index contributed by atoms with van der Waals surface area (Å²) < 4.78 is 1.29. The van der Waals surface area contributed by atoms with Crippen molar-refractivity contribution in [1.29, 1.82) is 0 Å². The van der Waals surface area contributed by atoms with Gasteiger partial charge in [-0.2, -0.15) is 5.10 Å². The third kappa shape index (κ3) is 3.35. The lowest BCUT2D eigenvalue weighted by Crippen LogP contribution is -2.27. The molecule has 0 unspecified atom stereocenters. The predicted molar refractivity (Wildman–Crippen MR) is 73.4 cm³/mol. The third-order valence-corrected chi connectivity index (χ3v) is 2.66. The van der Waals surface area contributed by atoms with Gasteiger partial charge in [0.15, 0.2) is 5.69 Å². The summed E-state index contributed by atoms with van der Waals surface area (Å²) in [7, 11) is 0. The molecular formula is C13H15N5O2. The topological polar surface area (TPSA) is 116 Å². The summed E-state index contributed by atoms with van der Waals surface area (Å²) in [6, 6.07) is 9.53. The average Bonchev–Trinajstić information content (AvgIpc) is 2.78. The summed E-state index contributed by atoms with van der Waals surface area (Å²) in [4.78, 5) is 22.7. The predicted octanol–water partition coefficient (Wildman–Crippen LogP) is -0.119. The van der Waals surface area contributed by atoms with Crippen molar-refractivity contribution in [3.05, 3.63) is 47.8 Å². The minimum atomic E-state index is -0.717. The van der Waals surface area contributed by atoms with Crippen molar-refractivity contribution >= 4 is 17.5 Å². The van der Waals surface area contributed by atoms with Gasteiger partial charge in [-0.25, -0.2) is 0 Å². The summed E-state index contributed by atoms with van der Waals surface area (Å²) in [5.41, 5.74) is 11.8. The van der Waals surface area contributed by atoms with E-state index < -0.39 is 5.91 Å². The molecule has 0 spiro atoms. The van der Waals surface area contributed by atoms with Crippen molar-refractivity contribution in [2.24, 2.45) is 5.73 Å². The van der Waals surface area contributed by atoms with Crippen molar-refractivity contribution in [3.63, 3.8) is 0 Å². The van der Waals surface area contributed by atoms with Gasteiger partial charge in [0.05, 0.1) is 5.69 Å². The van der Waals surface area contributed by atoms with E-state index in [-0.39, 0.29) is 23.8 Å². The highest BCUT2D eigenvalue weighted by Gasteiger charge is 2.12. The summed E-state index contributed by atoms with van der Waals surface area (Å²) in [5, 5.41) is 6.61. The molecule has 0 radical (unpaired) electrons. The second-order valence-corrected chi connectivity index (χ2v) is 4.26. The minimum Gasteiger partial charge on any atom is -0.396 e. The minimum absolute atomic E-state index is 0.0235. The van der Waals surface area contributed by atoms with Crippen molar-refractivity contribution in [2.75, 3.05) is 5.73 Å². The van der Waals surface area contributed by atoms with Gasteiger partial charge in [-0.05, 0) is 5.56 Å². The van der Waals surface area contributed by atoms with Gasteiger partial charge in [-0.15, -0.1) is 0 Å². The molecule has 1 aromatic carbocycles. The molecule has 104 valence electrons. The number of hydrogen-bond donors (Lipinski definition) is 3. The number of nitrogens with zero attached hydrogens (tertiary/aromatic N) is 2. The molecule has 0 atom stereocenters. The molecule has 0 aliphatic heterocycles. The van der Waals surface area contributed by atoms with Gasteiger partial charge in [-0.3, -0.25) is 14.3 Å². The second kappa shape index (κ2) is 5.87. The Bertz CT molecular complexity index is 621. The summed E-state index contributed by atoms with van der Waals surface area (Å²) >= 11 is 0. The smallest absolute Gasteiger partial charge is 0.271 e. The van der Waals surface area contributed by atoms with E-state index in [1.807, 2.05) is 30.3 Å². The largest absolute Gasteiger partial charge is 0.396 e. The van der Waals surface area contributed by atoms with E-state index in [9.17, 15) is 9.59 Å². The number of benzene rings is 1. The summed E-state index contributed by atoms with van der Waals surface area (Å²) in [6.45, 7) is 0.406. The first-order chi connectivity index (χ1) is 9.56. The first kappa shape index (κ1) is 13.6. The highest BCUT2D eigenvalue weighted by Crippen LogP contribution is 2.07. The number of primary amides is 1. The number of nitrogens with one attached hydrogen (secondary N) is 1. The van der Waals surface area contributed by atoms with Crippen LogP contribution in [-0.2, 0) is 17.9 Å². The van der Waals surface area contributed by atoms with Crippen LogP contribution < -0.4 is 16.8 Å². The normalized spacial score (nSPS) is 10.2. The molecule has 2 rings (SSSR count). The second-order valence-electron chi connectivity index (χ2n) is 4.26. The molecule has 0 aliphatic carbocycles. The fourth-order valence-corrected chi connectivity index (χ4v) is 1.71. The van der Waals surface area contributed by atoms with Gasteiger partial charge in [0.1, 0.15) is 6.54 Å². The summed E-state index contributed by atoms with van der Waals surface area (Å²) in [5.74, 6) is -0.946. The molecule has 2 amide bonds. The molecule has 7 nitrogen and oxygen atoms in total. The van der Waals surface area contributed by atoms with Crippen LogP contribution in [-0.4, -0.2) is 21.6 Å². The number of aromatic nitrogens is 2. The molecule has 0 fully saturated rings. The third-order valence-electron chi connectivity index (χ3n) is 2.66. The summed E-state index contributed by atoms with van der Waals surface area (Å²) in [6.07, 6.45) is 1.40. The quantitative estimate of drug-likeness (QED) is 0.704. The molecule has 5 N–H and O–H groups in total. The van der Waals surface area contributed by atoms with Crippen LogP contribution in [0, 0.1) is 0 Å². The zero-order valence-electron chi connectivity index (χ0n) is 10.7. The van der Waals surface area contributed by atoms with Crippen molar-refractivity contribution in [3.8, 4) is 0 Å². The Hall–Kier alpha value is -2.83. The molecule has 0 saturated carbocycles. The molecule has 1 heterocycles. The first-order valence-electron chi connectivity index (χ1n) is 5.99. The first-order valence-corrected chi connectivity index (χ1v) is 5.99. The zero-order valence-corrected chi connectivity index (χ0v) is 10.7. The SMILES string of the molecule is NC(=O)c1nn(CC(=O)NCc2ccccc2)cc1N. The molecule has 1 aromatic heterocycles. The van der Waals surface area contributed by atoms with Crippen molar-refractivity contribution in [1.82, 2.24) is 15.1 Å². The lowest BCUT2D eigenvalue weighted by molar-refractivity contribution is -0.122. The van der Waals surface area contributed by atoms with E-state index in [4.69, 9.17) is 11.5 Å². The van der Waals surface area contributed by atoms with Crippen molar-refractivity contribution in [2.45, 2.75) is 13.1 Å². The Balaban J connectivity index is 1.92.